The fourth-order valence-electron chi connectivity index (χ4n) is 3.59. The van der Waals surface area contributed by atoms with Gasteiger partial charge in [0.2, 0.25) is 0 Å². The molecule has 2 amide bonds. The van der Waals surface area contributed by atoms with Gasteiger partial charge in [-0.25, -0.2) is 4.79 Å². The Balaban J connectivity index is 1.42. The number of aromatic nitrogens is 2. The minimum absolute atomic E-state index is 0.145. The second-order valence-electron chi connectivity index (χ2n) is 6.95. The lowest BCUT2D eigenvalue weighted by Crippen LogP contribution is -2.46. The van der Waals surface area contributed by atoms with Gasteiger partial charge in [-0.05, 0) is 38.8 Å². The molecule has 1 aliphatic carbocycles. The fraction of sp³-hybridized carbons (Fsp3) is 0.765. The molecule has 2 aliphatic rings. The molecule has 1 saturated carbocycles. The van der Waals surface area contributed by atoms with Crippen molar-refractivity contribution in [1.82, 2.24) is 20.0 Å². The Morgan fingerprint density at radius 2 is 1.96 bits per heavy atom. The maximum Gasteiger partial charge on any atom is 0.319 e. The second-order valence-corrected chi connectivity index (χ2v) is 6.95. The first-order valence-electron chi connectivity index (χ1n) is 9.21. The van der Waals surface area contributed by atoms with E-state index in [9.17, 15) is 9.90 Å². The third-order valence-corrected chi connectivity index (χ3v) is 5.03. The third-order valence-electron chi connectivity index (χ3n) is 5.03. The van der Waals surface area contributed by atoms with Gasteiger partial charge < -0.3 is 20.6 Å². The average molecular weight is 335 g/mol. The zero-order valence-corrected chi connectivity index (χ0v) is 14.3. The lowest BCUT2D eigenvalue weighted by atomic mass is 9.93. The van der Waals surface area contributed by atoms with Crippen molar-refractivity contribution in [1.29, 1.82) is 0 Å². The van der Waals surface area contributed by atoms with Gasteiger partial charge in [-0.2, -0.15) is 5.10 Å². The molecule has 1 aliphatic heterocycles. The molecule has 2 atom stereocenters. The molecule has 24 heavy (non-hydrogen) atoms. The number of carbonyl (C=O) groups excluding carboxylic acids is 1. The van der Waals surface area contributed by atoms with E-state index in [1.807, 2.05) is 10.9 Å². The summed E-state index contributed by atoms with van der Waals surface area (Å²) < 4.78 is 1.87. The molecule has 0 bridgehead atoms. The van der Waals surface area contributed by atoms with Crippen molar-refractivity contribution < 1.29 is 9.90 Å². The summed E-state index contributed by atoms with van der Waals surface area (Å²) in [4.78, 5) is 14.5. The molecule has 1 saturated heterocycles. The number of likely N-dealkylation sites (tertiary alicyclic amines) is 1. The molecule has 0 radical (unpaired) electrons. The number of hydrogen-bond donors (Lipinski definition) is 3. The van der Waals surface area contributed by atoms with Gasteiger partial charge in [-0.3, -0.25) is 4.68 Å². The maximum atomic E-state index is 12.1. The molecular weight excluding hydrogens is 306 g/mol. The van der Waals surface area contributed by atoms with Crippen LogP contribution in [0.5, 0.6) is 0 Å². The first-order valence-corrected chi connectivity index (χ1v) is 9.21. The molecule has 2 fully saturated rings. The van der Waals surface area contributed by atoms with Crippen molar-refractivity contribution >= 4 is 11.7 Å². The van der Waals surface area contributed by atoms with Gasteiger partial charge in [0.25, 0.3) is 0 Å². The molecule has 0 spiro atoms. The summed E-state index contributed by atoms with van der Waals surface area (Å²) >= 11 is 0. The number of carbonyl (C=O) groups is 1. The SMILES string of the molecule is O=C(Nc1cnn(CCN2CCCCC2)c1)NC1CCCCC1O. The van der Waals surface area contributed by atoms with Gasteiger partial charge in [0.1, 0.15) is 0 Å². The van der Waals surface area contributed by atoms with Crippen molar-refractivity contribution in [2.24, 2.45) is 0 Å². The standard InChI is InChI=1S/C17H29N5O2/c23-16-7-3-2-6-15(16)20-17(24)19-14-12-18-22(13-14)11-10-21-8-4-1-5-9-21/h12-13,15-16,23H,1-11H2,(H2,19,20,24). The Morgan fingerprint density at radius 1 is 1.17 bits per heavy atom. The summed E-state index contributed by atoms with van der Waals surface area (Å²) in [5.74, 6) is 0. The molecular formula is C17H29N5O2. The topological polar surface area (TPSA) is 82.4 Å². The Kier molecular flexibility index (Phi) is 6.09. The number of aliphatic hydroxyl groups is 1. The number of piperidine rings is 1. The highest BCUT2D eigenvalue weighted by atomic mass is 16.3. The molecule has 0 aromatic carbocycles. The van der Waals surface area contributed by atoms with Crippen LogP contribution in [0.1, 0.15) is 44.9 Å². The Morgan fingerprint density at radius 3 is 2.75 bits per heavy atom. The molecule has 134 valence electrons. The zero-order valence-electron chi connectivity index (χ0n) is 14.3. The minimum Gasteiger partial charge on any atom is -0.391 e. The predicted molar refractivity (Wildman–Crippen MR) is 92.9 cm³/mol. The van der Waals surface area contributed by atoms with Gasteiger partial charge in [0.15, 0.2) is 0 Å². The highest BCUT2D eigenvalue weighted by molar-refractivity contribution is 5.89. The van der Waals surface area contributed by atoms with Gasteiger partial charge in [0, 0.05) is 12.7 Å². The van der Waals surface area contributed by atoms with Gasteiger partial charge >= 0.3 is 6.03 Å². The van der Waals surface area contributed by atoms with Crippen LogP contribution < -0.4 is 10.6 Å². The van der Waals surface area contributed by atoms with Crippen molar-refractivity contribution in [2.45, 2.75) is 63.6 Å². The predicted octanol–water partition coefficient (Wildman–Crippen LogP) is 1.79. The maximum absolute atomic E-state index is 12.1. The van der Waals surface area contributed by atoms with Crippen molar-refractivity contribution in [3.63, 3.8) is 0 Å². The molecule has 1 aromatic heterocycles. The first kappa shape index (κ1) is 17.2. The van der Waals surface area contributed by atoms with E-state index < -0.39 is 6.10 Å². The molecule has 3 N–H and O–H groups in total. The van der Waals surface area contributed by atoms with Crippen LogP contribution in [0.4, 0.5) is 10.5 Å². The summed E-state index contributed by atoms with van der Waals surface area (Å²) in [5, 5.41) is 19.9. The fourth-order valence-corrected chi connectivity index (χ4v) is 3.59. The first-order chi connectivity index (χ1) is 11.7. The lowest BCUT2D eigenvalue weighted by Gasteiger charge is -2.28. The third kappa shape index (κ3) is 4.95. The molecule has 7 nitrogen and oxygen atoms in total. The number of urea groups is 1. The van der Waals surface area contributed by atoms with Crippen LogP contribution in [0.3, 0.4) is 0 Å². The lowest BCUT2D eigenvalue weighted by molar-refractivity contribution is 0.0955. The Hall–Kier alpha value is -1.60. The van der Waals surface area contributed by atoms with Crippen LogP contribution in [0.15, 0.2) is 12.4 Å². The number of aliphatic hydroxyl groups excluding tert-OH is 1. The van der Waals surface area contributed by atoms with E-state index in [-0.39, 0.29) is 12.1 Å². The van der Waals surface area contributed by atoms with Gasteiger partial charge in [-0.1, -0.05) is 19.3 Å². The summed E-state index contributed by atoms with van der Waals surface area (Å²) in [7, 11) is 0. The summed E-state index contributed by atoms with van der Waals surface area (Å²) in [6.45, 7) is 4.20. The number of nitrogens with zero attached hydrogens (tertiary/aromatic N) is 3. The smallest absolute Gasteiger partial charge is 0.319 e. The van der Waals surface area contributed by atoms with Gasteiger partial charge in [0.05, 0.1) is 30.6 Å². The van der Waals surface area contributed by atoms with Crippen molar-refractivity contribution in [3.05, 3.63) is 12.4 Å². The van der Waals surface area contributed by atoms with E-state index in [1.165, 1.54) is 32.4 Å². The Bertz CT molecular complexity index is 527. The van der Waals surface area contributed by atoms with Crippen molar-refractivity contribution in [2.75, 3.05) is 25.0 Å². The summed E-state index contributed by atoms with van der Waals surface area (Å²) in [6, 6.07) is -0.413. The monoisotopic (exact) mass is 335 g/mol. The number of amides is 2. The van der Waals surface area contributed by atoms with E-state index in [1.54, 1.807) is 6.20 Å². The molecule has 7 heteroatoms. The number of anilines is 1. The van der Waals surface area contributed by atoms with E-state index in [2.05, 4.69) is 20.6 Å². The molecule has 3 rings (SSSR count). The summed E-state index contributed by atoms with van der Waals surface area (Å²) in [6.07, 6.45) is 10.7. The number of rotatable bonds is 5. The number of nitrogens with one attached hydrogen (secondary N) is 2. The summed E-state index contributed by atoms with van der Waals surface area (Å²) in [5.41, 5.74) is 0.691. The van der Waals surface area contributed by atoms with Crippen LogP contribution in [0.25, 0.3) is 0 Å². The molecule has 1 aromatic rings. The van der Waals surface area contributed by atoms with E-state index in [0.29, 0.717) is 5.69 Å². The van der Waals surface area contributed by atoms with Crippen LogP contribution in [0.2, 0.25) is 0 Å². The minimum atomic E-state index is -0.434. The number of hydrogen-bond acceptors (Lipinski definition) is 4. The highest BCUT2D eigenvalue weighted by Crippen LogP contribution is 2.18. The van der Waals surface area contributed by atoms with Crippen LogP contribution in [-0.2, 0) is 6.54 Å². The largest absolute Gasteiger partial charge is 0.391 e. The second kappa shape index (κ2) is 8.48. The zero-order chi connectivity index (χ0) is 16.8. The quantitative estimate of drug-likeness (QED) is 0.766. The van der Waals surface area contributed by atoms with E-state index in [4.69, 9.17) is 0 Å². The van der Waals surface area contributed by atoms with E-state index in [0.717, 1.165) is 38.8 Å². The van der Waals surface area contributed by atoms with Crippen LogP contribution >= 0.6 is 0 Å². The molecule has 2 heterocycles. The van der Waals surface area contributed by atoms with Crippen LogP contribution in [-0.4, -0.2) is 57.6 Å². The average Bonchev–Trinajstić information content (AvgIpc) is 3.03. The highest BCUT2D eigenvalue weighted by Gasteiger charge is 2.24. The van der Waals surface area contributed by atoms with E-state index >= 15 is 0 Å². The van der Waals surface area contributed by atoms with Gasteiger partial charge in [-0.15, -0.1) is 0 Å². The molecule has 2 unspecified atom stereocenters. The Labute approximate surface area is 143 Å². The van der Waals surface area contributed by atoms with Crippen molar-refractivity contribution in [3.8, 4) is 0 Å². The normalized spacial score (nSPS) is 25.4. The van der Waals surface area contributed by atoms with Crippen LogP contribution in [0, 0.1) is 0 Å².